The molecular weight excluding hydrogens is 264 g/mol. The zero-order valence-corrected chi connectivity index (χ0v) is 13.5. The van der Waals surface area contributed by atoms with E-state index in [4.69, 9.17) is 10.5 Å². The van der Waals surface area contributed by atoms with E-state index < -0.39 is 0 Å². The Morgan fingerprint density at radius 2 is 2.10 bits per heavy atom. The summed E-state index contributed by atoms with van der Waals surface area (Å²) in [7, 11) is 3.82. The van der Waals surface area contributed by atoms with E-state index >= 15 is 0 Å². The molecular formula is C16H26N4O. The number of aryl methyl sites for hydroxylation is 1. The van der Waals surface area contributed by atoms with Gasteiger partial charge in [-0.3, -0.25) is 0 Å². The molecule has 2 rings (SSSR count). The lowest BCUT2D eigenvalue weighted by Crippen LogP contribution is -2.27. The molecule has 0 amide bonds. The maximum Gasteiger partial charge on any atom is 0.201 e. The fourth-order valence-corrected chi connectivity index (χ4v) is 2.38. The molecule has 1 aromatic carbocycles. The number of imidazole rings is 1. The Morgan fingerprint density at radius 3 is 2.76 bits per heavy atom. The van der Waals surface area contributed by atoms with Crippen LogP contribution in [0.3, 0.4) is 0 Å². The third-order valence-electron chi connectivity index (χ3n) is 4.01. The van der Waals surface area contributed by atoms with E-state index in [1.807, 2.05) is 18.2 Å². The summed E-state index contributed by atoms with van der Waals surface area (Å²) in [4.78, 5) is 6.78. The first-order valence-corrected chi connectivity index (χ1v) is 7.53. The molecule has 0 radical (unpaired) electrons. The standard InChI is InChI=1S/C16H26N4O/c1-12(2)19(3)9-5-6-10-20-15-8-7-13(21-4)11-14(15)18-16(20)17/h7-8,11-12H,5-6,9-10H2,1-4H3,(H2,17,18). The molecule has 1 aromatic heterocycles. The van der Waals surface area contributed by atoms with E-state index in [-0.39, 0.29) is 0 Å². The van der Waals surface area contributed by atoms with E-state index in [2.05, 4.69) is 35.3 Å². The number of methoxy groups -OCH3 is 1. The fraction of sp³-hybridized carbons (Fsp3) is 0.562. The summed E-state index contributed by atoms with van der Waals surface area (Å²) in [6, 6.07) is 6.50. The highest BCUT2D eigenvalue weighted by Crippen LogP contribution is 2.23. The molecule has 0 aliphatic heterocycles. The number of nitrogens with two attached hydrogens (primary N) is 1. The molecule has 0 saturated carbocycles. The van der Waals surface area contributed by atoms with Gasteiger partial charge in [-0.25, -0.2) is 4.98 Å². The van der Waals surface area contributed by atoms with Gasteiger partial charge in [0.15, 0.2) is 0 Å². The number of anilines is 1. The number of hydrogen-bond acceptors (Lipinski definition) is 4. The molecule has 0 aliphatic carbocycles. The lowest BCUT2D eigenvalue weighted by Gasteiger charge is -2.20. The van der Waals surface area contributed by atoms with Crippen LogP contribution in [0.4, 0.5) is 5.95 Å². The van der Waals surface area contributed by atoms with Crippen molar-refractivity contribution in [3.8, 4) is 5.75 Å². The quantitative estimate of drug-likeness (QED) is 0.797. The highest BCUT2D eigenvalue weighted by Gasteiger charge is 2.09. The van der Waals surface area contributed by atoms with Gasteiger partial charge in [-0.1, -0.05) is 0 Å². The van der Waals surface area contributed by atoms with Crippen molar-refractivity contribution in [2.24, 2.45) is 0 Å². The van der Waals surface area contributed by atoms with Gasteiger partial charge in [-0.15, -0.1) is 0 Å². The fourth-order valence-electron chi connectivity index (χ4n) is 2.38. The van der Waals surface area contributed by atoms with Gasteiger partial charge in [0.05, 0.1) is 18.1 Å². The Hall–Kier alpha value is -1.75. The summed E-state index contributed by atoms with van der Waals surface area (Å²) < 4.78 is 7.31. The van der Waals surface area contributed by atoms with Crippen LogP contribution in [-0.4, -0.2) is 41.2 Å². The minimum absolute atomic E-state index is 0.579. The second kappa shape index (κ2) is 6.80. The van der Waals surface area contributed by atoms with Gasteiger partial charge in [-0.05, 0) is 52.4 Å². The van der Waals surface area contributed by atoms with Crippen LogP contribution in [0, 0.1) is 0 Å². The van der Waals surface area contributed by atoms with E-state index in [1.165, 1.54) is 0 Å². The van der Waals surface area contributed by atoms with Crippen molar-refractivity contribution in [2.75, 3.05) is 26.4 Å². The van der Waals surface area contributed by atoms with E-state index in [1.54, 1.807) is 7.11 Å². The zero-order valence-electron chi connectivity index (χ0n) is 13.5. The first kappa shape index (κ1) is 15.6. The normalized spacial score (nSPS) is 11.7. The van der Waals surface area contributed by atoms with Crippen molar-refractivity contribution in [1.29, 1.82) is 0 Å². The number of ether oxygens (including phenoxy) is 1. The minimum Gasteiger partial charge on any atom is -0.497 e. The SMILES string of the molecule is COc1ccc2c(c1)nc(N)n2CCCCN(C)C(C)C. The summed E-state index contributed by atoms with van der Waals surface area (Å²) in [5, 5.41) is 0. The number of fused-ring (bicyclic) bond motifs is 1. The molecule has 0 fully saturated rings. The smallest absolute Gasteiger partial charge is 0.201 e. The predicted octanol–water partition coefficient (Wildman–Crippen LogP) is 2.75. The average molecular weight is 290 g/mol. The first-order chi connectivity index (χ1) is 10.0. The Labute approximate surface area is 126 Å². The number of hydrogen-bond donors (Lipinski definition) is 1. The van der Waals surface area contributed by atoms with Gasteiger partial charge < -0.3 is 19.9 Å². The average Bonchev–Trinajstić information content (AvgIpc) is 2.77. The predicted molar refractivity (Wildman–Crippen MR) is 87.7 cm³/mol. The number of unbranched alkanes of at least 4 members (excludes halogenated alkanes) is 1. The molecule has 1 heterocycles. The number of benzene rings is 1. The van der Waals surface area contributed by atoms with Crippen LogP contribution in [0.2, 0.25) is 0 Å². The van der Waals surface area contributed by atoms with Crippen molar-refractivity contribution in [3.05, 3.63) is 18.2 Å². The van der Waals surface area contributed by atoms with Crippen LogP contribution in [0.15, 0.2) is 18.2 Å². The van der Waals surface area contributed by atoms with Crippen LogP contribution in [0.1, 0.15) is 26.7 Å². The summed E-state index contributed by atoms with van der Waals surface area (Å²) in [6.07, 6.45) is 2.25. The largest absolute Gasteiger partial charge is 0.497 e. The molecule has 0 aliphatic rings. The van der Waals surface area contributed by atoms with Gasteiger partial charge >= 0.3 is 0 Å². The van der Waals surface area contributed by atoms with Gasteiger partial charge in [0.2, 0.25) is 5.95 Å². The van der Waals surface area contributed by atoms with Crippen molar-refractivity contribution in [3.63, 3.8) is 0 Å². The van der Waals surface area contributed by atoms with E-state index in [0.29, 0.717) is 12.0 Å². The molecule has 0 saturated heterocycles. The van der Waals surface area contributed by atoms with Crippen molar-refractivity contribution in [1.82, 2.24) is 14.5 Å². The van der Waals surface area contributed by atoms with Crippen molar-refractivity contribution < 1.29 is 4.74 Å². The molecule has 0 atom stereocenters. The molecule has 5 nitrogen and oxygen atoms in total. The van der Waals surface area contributed by atoms with Crippen molar-refractivity contribution in [2.45, 2.75) is 39.3 Å². The molecule has 2 N–H and O–H groups in total. The Morgan fingerprint density at radius 1 is 1.33 bits per heavy atom. The van der Waals surface area contributed by atoms with E-state index in [9.17, 15) is 0 Å². The van der Waals surface area contributed by atoms with Gasteiger partial charge in [0.25, 0.3) is 0 Å². The van der Waals surface area contributed by atoms with Crippen LogP contribution >= 0.6 is 0 Å². The molecule has 116 valence electrons. The molecule has 21 heavy (non-hydrogen) atoms. The van der Waals surface area contributed by atoms with Crippen LogP contribution in [0.25, 0.3) is 11.0 Å². The molecule has 0 spiro atoms. The number of nitrogen functional groups attached to an aromatic ring is 1. The molecule has 0 bridgehead atoms. The number of rotatable bonds is 7. The van der Waals surface area contributed by atoms with Crippen LogP contribution in [0.5, 0.6) is 5.75 Å². The molecule has 2 aromatic rings. The third kappa shape index (κ3) is 3.67. The lowest BCUT2D eigenvalue weighted by atomic mass is 10.2. The first-order valence-electron chi connectivity index (χ1n) is 7.53. The zero-order chi connectivity index (χ0) is 15.4. The second-order valence-electron chi connectivity index (χ2n) is 5.76. The maximum absolute atomic E-state index is 6.04. The van der Waals surface area contributed by atoms with Gasteiger partial charge in [-0.2, -0.15) is 0 Å². The minimum atomic E-state index is 0.579. The van der Waals surface area contributed by atoms with Gasteiger partial charge in [0, 0.05) is 18.7 Å². The number of aromatic nitrogens is 2. The van der Waals surface area contributed by atoms with Crippen molar-refractivity contribution >= 4 is 17.0 Å². The summed E-state index contributed by atoms with van der Waals surface area (Å²) in [5.74, 6) is 1.39. The highest BCUT2D eigenvalue weighted by molar-refractivity contribution is 5.79. The second-order valence-corrected chi connectivity index (χ2v) is 5.76. The van der Waals surface area contributed by atoms with Gasteiger partial charge in [0.1, 0.15) is 5.75 Å². The Kier molecular flexibility index (Phi) is 5.07. The van der Waals surface area contributed by atoms with Crippen LogP contribution < -0.4 is 10.5 Å². The van der Waals surface area contributed by atoms with E-state index in [0.717, 1.165) is 42.7 Å². The lowest BCUT2D eigenvalue weighted by molar-refractivity contribution is 0.266. The van der Waals surface area contributed by atoms with Crippen LogP contribution in [-0.2, 0) is 6.54 Å². The summed E-state index contributed by atoms with van der Waals surface area (Å²) >= 11 is 0. The molecule has 0 unspecified atom stereocenters. The molecule has 5 heteroatoms. The topological polar surface area (TPSA) is 56.3 Å². The Bertz CT molecular complexity index is 591. The Balaban J connectivity index is 2.00. The monoisotopic (exact) mass is 290 g/mol. The highest BCUT2D eigenvalue weighted by atomic mass is 16.5. The maximum atomic E-state index is 6.04. The number of nitrogens with zero attached hydrogens (tertiary/aromatic N) is 3. The third-order valence-corrected chi connectivity index (χ3v) is 4.01. The summed E-state index contributed by atoms with van der Waals surface area (Å²) in [6.45, 7) is 6.45. The summed E-state index contributed by atoms with van der Waals surface area (Å²) in [5.41, 5.74) is 8.00.